The number of hydrogen-bond acceptors (Lipinski definition) is 4. The summed E-state index contributed by atoms with van der Waals surface area (Å²) in [6.45, 7) is 0.501. The van der Waals surface area contributed by atoms with Crippen LogP contribution in [0.15, 0.2) is 78.9 Å². The van der Waals surface area contributed by atoms with Crippen LogP contribution < -0.4 is 10.2 Å². The first-order chi connectivity index (χ1) is 18.5. The molecule has 6 nitrogen and oxygen atoms in total. The molecular formula is C31H33ClN2O4. The highest BCUT2D eigenvalue weighted by Crippen LogP contribution is 2.53. The van der Waals surface area contributed by atoms with E-state index in [0.717, 1.165) is 35.2 Å². The first kappa shape index (κ1) is 26.4. The summed E-state index contributed by atoms with van der Waals surface area (Å²) in [5.41, 5.74) is 2.59. The Morgan fingerprint density at radius 3 is 2.45 bits per heavy atom. The van der Waals surface area contributed by atoms with Gasteiger partial charge in [-0.2, -0.15) is 0 Å². The van der Waals surface area contributed by atoms with Gasteiger partial charge in [0.25, 0.3) is 0 Å². The molecule has 2 aliphatic rings. The Morgan fingerprint density at radius 1 is 1.03 bits per heavy atom. The monoisotopic (exact) mass is 532 g/mol. The molecule has 7 heteroatoms. The zero-order valence-corrected chi connectivity index (χ0v) is 22.3. The summed E-state index contributed by atoms with van der Waals surface area (Å²) >= 11 is 6.81. The standard InChI is InChI=1S/C31H33ClN2O4/c1-37-21-34-25-15-8-14-24(32)28(25)31(30(34)36)19-9-16-26(38-20-23-12-6-3-7-13-23)29(31)33-27(35)18-17-22-10-4-2-5-11-22/h2-8,10-15,26,29H,9,16-21H2,1H3,(H,33,35)/t26-,29+,31+/m1/s1. The molecule has 1 spiro atoms. The average Bonchev–Trinajstić information content (AvgIpc) is 3.18. The maximum Gasteiger partial charge on any atom is 0.241 e. The lowest BCUT2D eigenvalue weighted by atomic mass is 9.65. The van der Waals surface area contributed by atoms with Gasteiger partial charge in [0.15, 0.2) is 0 Å². The Labute approximate surface area is 228 Å². The van der Waals surface area contributed by atoms with Crippen LogP contribution >= 0.6 is 11.6 Å². The van der Waals surface area contributed by atoms with E-state index < -0.39 is 11.5 Å². The number of halogens is 1. The third kappa shape index (κ3) is 5.08. The molecule has 1 fully saturated rings. The highest BCUT2D eigenvalue weighted by Gasteiger charge is 2.60. The molecular weight excluding hydrogens is 500 g/mol. The van der Waals surface area contributed by atoms with Crippen LogP contribution in [0.5, 0.6) is 0 Å². The molecule has 5 rings (SSSR count). The molecule has 38 heavy (non-hydrogen) atoms. The fraction of sp³-hybridized carbons (Fsp3) is 0.355. The molecule has 2 amide bonds. The first-order valence-electron chi connectivity index (χ1n) is 13.1. The predicted octanol–water partition coefficient (Wildman–Crippen LogP) is 5.42. The van der Waals surface area contributed by atoms with Gasteiger partial charge < -0.3 is 14.8 Å². The number of anilines is 1. The number of hydrogen-bond donors (Lipinski definition) is 1. The Balaban J connectivity index is 1.49. The van der Waals surface area contributed by atoms with Crippen molar-refractivity contribution in [3.05, 3.63) is 101 Å². The van der Waals surface area contributed by atoms with E-state index in [4.69, 9.17) is 21.1 Å². The van der Waals surface area contributed by atoms with E-state index in [1.54, 1.807) is 12.0 Å². The van der Waals surface area contributed by atoms with Crippen molar-refractivity contribution in [2.75, 3.05) is 18.7 Å². The largest absolute Gasteiger partial charge is 0.371 e. The maximum absolute atomic E-state index is 14.3. The molecule has 198 valence electrons. The number of nitrogens with one attached hydrogen (secondary N) is 1. The number of carbonyl (C=O) groups excluding carboxylic acids is 2. The van der Waals surface area contributed by atoms with E-state index in [1.165, 1.54) is 0 Å². The summed E-state index contributed by atoms with van der Waals surface area (Å²) < 4.78 is 11.9. The molecule has 0 aromatic heterocycles. The van der Waals surface area contributed by atoms with E-state index in [9.17, 15) is 9.59 Å². The zero-order valence-electron chi connectivity index (χ0n) is 21.6. The zero-order chi connectivity index (χ0) is 26.5. The lowest BCUT2D eigenvalue weighted by Crippen LogP contribution is -2.63. The topological polar surface area (TPSA) is 67.9 Å². The summed E-state index contributed by atoms with van der Waals surface area (Å²) in [5, 5.41) is 3.77. The second-order valence-electron chi connectivity index (χ2n) is 10.0. The van der Waals surface area contributed by atoms with E-state index in [-0.39, 0.29) is 24.6 Å². The van der Waals surface area contributed by atoms with Crippen LogP contribution in [-0.2, 0) is 37.5 Å². The molecule has 3 aromatic rings. The van der Waals surface area contributed by atoms with Crippen LogP contribution in [0, 0.1) is 0 Å². The van der Waals surface area contributed by atoms with Crippen molar-refractivity contribution in [3.8, 4) is 0 Å². The summed E-state index contributed by atoms with van der Waals surface area (Å²) in [7, 11) is 1.57. The fourth-order valence-corrected chi connectivity index (χ4v) is 6.30. The second kappa shape index (κ2) is 11.7. The SMILES string of the molecule is COCN1C(=O)[C@@]2(CCC[C@@H](OCc3ccccc3)[C@@H]2NC(=O)CCc2ccccc2)c2c(Cl)cccc21. The van der Waals surface area contributed by atoms with Crippen LogP contribution in [0.25, 0.3) is 0 Å². The van der Waals surface area contributed by atoms with Gasteiger partial charge in [-0.25, -0.2) is 0 Å². The van der Waals surface area contributed by atoms with Gasteiger partial charge in [-0.1, -0.05) is 78.3 Å². The molecule has 3 atom stereocenters. The summed E-state index contributed by atoms with van der Waals surface area (Å²) in [6, 6.07) is 24.9. The third-order valence-electron chi connectivity index (χ3n) is 7.68. The number of benzene rings is 3. The molecule has 0 bridgehead atoms. The molecule has 0 saturated heterocycles. The van der Waals surface area contributed by atoms with Crippen molar-refractivity contribution in [2.45, 2.75) is 56.3 Å². The number of nitrogens with zero attached hydrogens (tertiary/aromatic N) is 1. The number of methoxy groups -OCH3 is 1. The molecule has 1 aliphatic carbocycles. The number of aryl methyl sites for hydroxylation is 1. The van der Waals surface area contributed by atoms with Gasteiger partial charge in [-0.15, -0.1) is 0 Å². The predicted molar refractivity (Wildman–Crippen MR) is 148 cm³/mol. The number of amides is 2. The Kier molecular flexibility index (Phi) is 8.12. The molecule has 1 aliphatic heterocycles. The van der Waals surface area contributed by atoms with Crippen molar-refractivity contribution in [2.24, 2.45) is 0 Å². The molecule has 1 heterocycles. The van der Waals surface area contributed by atoms with Crippen molar-refractivity contribution >= 4 is 29.1 Å². The molecule has 0 radical (unpaired) electrons. The molecule has 1 N–H and O–H groups in total. The number of carbonyl (C=O) groups is 2. The van der Waals surface area contributed by atoms with E-state index in [1.807, 2.05) is 78.9 Å². The van der Waals surface area contributed by atoms with Crippen LogP contribution in [0.3, 0.4) is 0 Å². The highest BCUT2D eigenvalue weighted by molar-refractivity contribution is 6.33. The highest BCUT2D eigenvalue weighted by atomic mass is 35.5. The normalized spacial score (nSPS) is 22.5. The Bertz CT molecular complexity index is 1270. The maximum atomic E-state index is 14.3. The van der Waals surface area contributed by atoms with Gasteiger partial charge in [0.2, 0.25) is 11.8 Å². The summed E-state index contributed by atoms with van der Waals surface area (Å²) in [6.07, 6.45) is 2.64. The smallest absolute Gasteiger partial charge is 0.241 e. The van der Waals surface area contributed by atoms with Gasteiger partial charge in [0.1, 0.15) is 12.1 Å². The van der Waals surface area contributed by atoms with E-state index >= 15 is 0 Å². The quantitative estimate of drug-likeness (QED) is 0.400. The van der Waals surface area contributed by atoms with E-state index in [0.29, 0.717) is 30.9 Å². The molecule has 1 saturated carbocycles. The van der Waals surface area contributed by atoms with Gasteiger partial charge in [0.05, 0.1) is 24.4 Å². The van der Waals surface area contributed by atoms with Crippen LogP contribution in [0.2, 0.25) is 5.02 Å². The van der Waals surface area contributed by atoms with Crippen molar-refractivity contribution in [1.29, 1.82) is 0 Å². The van der Waals surface area contributed by atoms with Gasteiger partial charge in [-0.3, -0.25) is 14.5 Å². The van der Waals surface area contributed by atoms with E-state index in [2.05, 4.69) is 5.32 Å². The van der Waals surface area contributed by atoms with Crippen molar-refractivity contribution < 1.29 is 19.1 Å². The third-order valence-corrected chi connectivity index (χ3v) is 8.00. The summed E-state index contributed by atoms with van der Waals surface area (Å²) in [5.74, 6) is -0.219. The van der Waals surface area contributed by atoms with Crippen molar-refractivity contribution in [1.82, 2.24) is 5.32 Å². The van der Waals surface area contributed by atoms with Crippen LogP contribution in [-0.4, -0.2) is 37.8 Å². The van der Waals surface area contributed by atoms with Crippen LogP contribution in [0.4, 0.5) is 5.69 Å². The van der Waals surface area contributed by atoms with Gasteiger partial charge in [-0.05, 0) is 48.9 Å². The minimum atomic E-state index is -1.03. The number of ether oxygens (including phenoxy) is 2. The first-order valence-corrected chi connectivity index (χ1v) is 13.5. The molecule has 0 unspecified atom stereocenters. The fourth-order valence-electron chi connectivity index (χ4n) is 5.96. The number of fused-ring (bicyclic) bond motifs is 2. The van der Waals surface area contributed by atoms with Crippen LogP contribution in [0.1, 0.15) is 42.4 Å². The minimum Gasteiger partial charge on any atom is -0.371 e. The average molecular weight is 533 g/mol. The van der Waals surface area contributed by atoms with Gasteiger partial charge in [0, 0.05) is 24.1 Å². The lowest BCUT2D eigenvalue weighted by Gasteiger charge is -2.45. The summed E-state index contributed by atoms with van der Waals surface area (Å²) in [4.78, 5) is 29.3. The lowest BCUT2D eigenvalue weighted by molar-refractivity contribution is -0.133. The van der Waals surface area contributed by atoms with Crippen molar-refractivity contribution in [3.63, 3.8) is 0 Å². The Morgan fingerprint density at radius 2 is 1.74 bits per heavy atom. The number of rotatable bonds is 9. The molecule has 3 aromatic carbocycles. The Hall–Kier alpha value is -3.19. The second-order valence-corrected chi connectivity index (χ2v) is 10.4. The van der Waals surface area contributed by atoms with Gasteiger partial charge >= 0.3 is 0 Å². The minimum absolute atomic E-state index is 0.108.